The molecule has 0 saturated heterocycles. The third-order valence-corrected chi connectivity index (χ3v) is 4.63. The number of nitriles is 1. The van der Waals surface area contributed by atoms with Gasteiger partial charge in [0.1, 0.15) is 5.75 Å². The second-order valence-electron chi connectivity index (χ2n) is 6.13. The molecule has 0 aromatic heterocycles. The zero-order valence-electron chi connectivity index (χ0n) is 14.1. The average molecular weight is 348 g/mol. The number of benzene rings is 3. The van der Waals surface area contributed by atoms with E-state index in [9.17, 15) is 15.2 Å². The number of carbonyl (C=O) groups excluding carboxylic acids is 1. The van der Waals surface area contributed by atoms with Crippen molar-refractivity contribution < 1.29 is 9.90 Å². The average Bonchev–Trinajstić information content (AvgIpc) is 2.71. The summed E-state index contributed by atoms with van der Waals surface area (Å²) in [5.41, 5.74) is 4.46. The number of phenolic OH excluding ortho intramolecular Hbond substituents is 1. The number of Topliss-reactive ketones (excluding diaryl/α,β-unsaturated/α-hetero) is 1. The van der Waals surface area contributed by atoms with Crippen LogP contribution in [0.3, 0.4) is 0 Å². The lowest BCUT2D eigenvalue weighted by Gasteiger charge is -2.22. The summed E-state index contributed by atoms with van der Waals surface area (Å²) in [6, 6.07) is 21.5. The summed E-state index contributed by atoms with van der Waals surface area (Å²) in [5.74, 6) is -0.122. The first-order valence-corrected chi connectivity index (χ1v) is 8.24. The molecular weight excluding hydrogens is 336 g/mol. The van der Waals surface area contributed by atoms with Crippen molar-refractivity contribution in [3.05, 3.63) is 95.0 Å². The summed E-state index contributed by atoms with van der Waals surface area (Å²) in [5, 5.41) is 18.8. The zero-order chi connectivity index (χ0) is 19.0. The highest BCUT2D eigenvalue weighted by Crippen LogP contribution is 2.42. The Balaban J connectivity index is 1.98. The van der Waals surface area contributed by atoms with Crippen molar-refractivity contribution in [2.75, 3.05) is 0 Å². The van der Waals surface area contributed by atoms with Gasteiger partial charge in [0.25, 0.3) is 5.70 Å². The fourth-order valence-electron chi connectivity index (χ4n) is 3.36. The van der Waals surface area contributed by atoms with Crippen LogP contribution in [0.25, 0.3) is 32.7 Å². The number of fused-ring (bicyclic) bond motifs is 3. The van der Waals surface area contributed by atoms with Gasteiger partial charge in [-0.2, -0.15) is 0 Å². The molecule has 3 aromatic carbocycles. The number of rotatable bonds is 1. The normalized spacial score (nSPS) is 13.8. The monoisotopic (exact) mass is 348 g/mol. The molecule has 0 aliphatic heterocycles. The van der Waals surface area contributed by atoms with Crippen molar-refractivity contribution in [2.45, 2.75) is 0 Å². The van der Waals surface area contributed by atoms with Gasteiger partial charge in [0.15, 0.2) is 5.78 Å². The number of hydrogen-bond acceptors (Lipinski definition) is 3. The first-order valence-electron chi connectivity index (χ1n) is 8.24. The Morgan fingerprint density at radius 2 is 1.56 bits per heavy atom. The van der Waals surface area contributed by atoms with E-state index in [0.29, 0.717) is 11.1 Å². The summed E-state index contributed by atoms with van der Waals surface area (Å²) in [6.45, 7) is 7.25. The lowest BCUT2D eigenvalue weighted by Crippen LogP contribution is -2.13. The minimum absolute atomic E-state index is 0.160. The highest BCUT2D eigenvalue weighted by molar-refractivity contribution is 6.35. The van der Waals surface area contributed by atoms with E-state index in [2.05, 4.69) is 4.85 Å². The van der Waals surface area contributed by atoms with Crippen molar-refractivity contribution in [2.24, 2.45) is 0 Å². The standard InChI is InChI=1S/C23H12N2O2/c1-25-21(13-24)22-18-5-3-2-4-17(18)20-12-15(8-11-19(20)23(22)27)14-6-9-16(26)10-7-14/h2-12,26H/b22-21-. The van der Waals surface area contributed by atoms with Gasteiger partial charge in [-0.1, -0.05) is 42.5 Å². The maximum Gasteiger partial charge on any atom is 0.273 e. The number of nitrogens with zero attached hydrogens (tertiary/aromatic N) is 2. The van der Waals surface area contributed by atoms with Crippen molar-refractivity contribution >= 4 is 11.4 Å². The predicted molar refractivity (Wildman–Crippen MR) is 102 cm³/mol. The van der Waals surface area contributed by atoms with Crippen molar-refractivity contribution in [1.29, 1.82) is 5.26 Å². The largest absolute Gasteiger partial charge is 0.508 e. The van der Waals surface area contributed by atoms with Crippen LogP contribution in [0.5, 0.6) is 5.75 Å². The van der Waals surface area contributed by atoms with Crippen molar-refractivity contribution in [3.63, 3.8) is 0 Å². The molecule has 0 saturated carbocycles. The molecule has 0 amide bonds. The minimum atomic E-state index is -0.312. The topological polar surface area (TPSA) is 65.5 Å². The molecule has 0 atom stereocenters. The Hall–Kier alpha value is -4.15. The second kappa shape index (κ2) is 6.29. The van der Waals surface area contributed by atoms with Crippen molar-refractivity contribution in [3.8, 4) is 34.1 Å². The van der Waals surface area contributed by atoms with E-state index >= 15 is 0 Å². The lowest BCUT2D eigenvalue weighted by molar-refractivity contribution is 0.105. The predicted octanol–water partition coefficient (Wildman–Crippen LogP) is 5.08. The van der Waals surface area contributed by atoms with Crippen molar-refractivity contribution in [1.82, 2.24) is 0 Å². The zero-order valence-corrected chi connectivity index (χ0v) is 14.1. The Morgan fingerprint density at radius 1 is 0.889 bits per heavy atom. The van der Waals surface area contributed by atoms with E-state index in [1.165, 1.54) is 0 Å². The smallest absolute Gasteiger partial charge is 0.273 e. The molecule has 0 spiro atoms. The molecule has 3 aromatic rings. The fourth-order valence-corrected chi connectivity index (χ4v) is 3.36. The van der Waals surface area contributed by atoms with Crippen LogP contribution in [0.15, 0.2) is 72.4 Å². The maximum absolute atomic E-state index is 13.0. The van der Waals surface area contributed by atoms with Gasteiger partial charge in [0.2, 0.25) is 0 Å². The summed E-state index contributed by atoms with van der Waals surface area (Å²) in [4.78, 5) is 16.3. The molecule has 0 bridgehead atoms. The van der Waals surface area contributed by atoms with Gasteiger partial charge in [-0.25, -0.2) is 10.1 Å². The van der Waals surface area contributed by atoms with Gasteiger partial charge in [-0.3, -0.25) is 4.79 Å². The van der Waals surface area contributed by atoms with Crippen LogP contribution in [0, 0.1) is 17.9 Å². The SMILES string of the molecule is [C-]#[N+]/C(C#N)=C1\C(=O)c2ccc(-c3ccc(O)cc3)cc2-c2ccccc21. The molecule has 0 fully saturated rings. The molecule has 0 radical (unpaired) electrons. The molecule has 1 N–H and O–H groups in total. The molecule has 1 aliphatic rings. The van der Waals surface area contributed by atoms with E-state index in [1.807, 2.05) is 42.5 Å². The summed E-state index contributed by atoms with van der Waals surface area (Å²) < 4.78 is 0. The van der Waals surface area contributed by atoms with Gasteiger partial charge in [0.05, 0.1) is 12.6 Å². The molecule has 126 valence electrons. The third kappa shape index (κ3) is 2.57. The molecule has 4 heteroatoms. The number of aromatic hydroxyl groups is 1. The number of hydrogen-bond donors (Lipinski definition) is 1. The van der Waals surface area contributed by atoms with Gasteiger partial charge in [-0.05, 0) is 52.1 Å². The lowest BCUT2D eigenvalue weighted by atomic mass is 9.79. The van der Waals surface area contributed by atoms with Crippen LogP contribution < -0.4 is 0 Å². The Kier molecular flexibility index (Phi) is 3.81. The summed E-state index contributed by atoms with van der Waals surface area (Å²) in [7, 11) is 0. The second-order valence-corrected chi connectivity index (χ2v) is 6.13. The molecule has 4 nitrogen and oxygen atoms in total. The van der Waals surface area contributed by atoms with Gasteiger partial charge in [-0.15, -0.1) is 0 Å². The quantitative estimate of drug-likeness (QED) is 0.379. The number of ketones is 1. The van der Waals surface area contributed by atoms with Crippen LogP contribution >= 0.6 is 0 Å². The minimum Gasteiger partial charge on any atom is -0.508 e. The van der Waals surface area contributed by atoms with Gasteiger partial charge in [0, 0.05) is 11.1 Å². The summed E-state index contributed by atoms with van der Waals surface area (Å²) >= 11 is 0. The van der Waals surface area contributed by atoms with E-state index in [-0.39, 0.29) is 22.8 Å². The van der Waals surface area contributed by atoms with Gasteiger partial charge >= 0.3 is 0 Å². The Morgan fingerprint density at radius 3 is 2.22 bits per heavy atom. The van der Waals surface area contributed by atoms with Crippen LogP contribution in [-0.4, -0.2) is 10.9 Å². The number of carbonyl (C=O) groups is 1. The molecule has 0 unspecified atom stereocenters. The first kappa shape index (κ1) is 16.3. The molecule has 1 aliphatic carbocycles. The van der Waals surface area contributed by atoms with E-state index in [0.717, 1.165) is 22.3 Å². The molecule has 4 rings (SSSR count). The molecule has 0 heterocycles. The van der Waals surface area contributed by atoms with E-state index in [1.54, 1.807) is 30.3 Å². The van der Waals surface area contributed by atoms with E-state index < -0.39 is 0 Å². The van der Waals surface area contributed by atoms with Crippen LogP contribution in [0.4, 0.5) is 0 Å². The number of phenols is 1. The van der Waals surface area contributed by atoms with Gasteiger partial charge < -0.3 is 5.11 Å². The molecule has 27 heavy (non-hydrogen) atoms. The third-order valence-electron chi connectivity index (χ3n) is 4.63. The molecular formula is C23H12N2O2. The Bertz CT molecular complexity index is 1190. The summed E-state index contributed by atoms with van der Waals surface area (Å²) in [6.07, 6.45) is 0. The van der Waals surface area contributed by atoms with Crippen LogP contribution in [0.2, 0.25) is 0 Å². The van der Waals surface area contributed by atoms with E-state index in [4.69, 9.17) is 6.57 Å². The highest BCUT2D eigenvalue weighted by atomic mass is 16.3. The highest BCUT2D eigenvalue weighted by Gasteiger charge is 2.29. The van der Waals surface area contributed by atoms with Crippen LogP contribution in [-0.2, 0) is 0 Å². The first-order chi connectivity index (χ1) is 13.1. The number of allylic oxidation sites excluding steroid dienone is 2. The Labute approximate surface area is 156 Å². The van der Waals surface area contributed by atoms with Crippen LogP contribution in [0.1, 0.15) is 15.9 Å². The fraction of sp³-hybridized carbons (Fsp3) is 0. The maximum atomic E-state index is 13.0.